The highest BCUT2D eigenvalue weighted by atomic mass is 16.4. The third kappa shape index (κ3) is 3.95. The summed E-state index contributed by atoms with van der Waals surface area (Å²) in [6, 6.07) is 0.441. The van der Waals surface area contributed by atoms with Gasteiger partial charge in [-0.2, -0.15) is 0 Å². The highest BCUT2D eigenvalue weighted by Gasteiger charge is 2.45. The van der Waals surface area contributed by atoms with E-state index in [1.54, 1.807) is 0 Å². The highest BCUT2D eigenvalue weighted by Crippen LogP contribution is 2.44. The summed E-state index contributed by atoms with van der Waals surface area (Å²) in [5.74, 6) is -0.462. The third-order valence-electron chi connectivity index (χ3n) is 5.47. The van der Waals surface area contributed by atoms with Gasteiger partial charge in [-0.05, 0) is 37.3 Å². The van der Waals surface area contributed by atoms with Crippen LogP contribution in [0.2, 0.25) is 0 Å². The van der Waals surface area contributed by atoms with E-state index in [1.165, 1.54) is 0 Å². The lowest BCUT2D eigenvalue weighted by Crippen LogP contribution is -2.52. The first-order chi connectivity index (χ1) is 9.34. The lowest BCUT2D eigenvalue weighted by atomic mass is 9.61. The first-order valence-electron chi connectivity index (χ1n) is 8.03. The van der Waals surface area contributed by atoms with Crippen LogP contribution in [0.1, 0.15) is 47.5 Å². The summed E-state index contributed by atoms with van der Waals surface area (Å²) in [6.07, 6.45) is 1.76. The number of carboxylic acid groups (broad SMARTS) is 1. The van der Waals surface area contributed by atoms with E-state index in [2.05, 4.69) is 44.8 Å². The van der Waals surface area contributed by atoms with Crippen LogP contribution in [0.15, 0.2) is 0 Å². The van der Waals surface area contributed by atoms with Crippen molar-refractivity contribution in [2.45, 2.75) is 53.5 Å². The number of rotatable bonds is 7. The van der Waals surface area contributed by atoms with E-state index in [9.17, 15) is 9.90 Å². The van der Waals surface area contributed by atoms with Crippen molar-refractivity contribution in [1.82, 2.24) is 10.2 Å². The van der Waals surface area contributed by atoms with Crippen molar-refractivity contribution in [2.75, 3.05) is 26.2 Å². The monoisotopic (exact) mass is 284 g/mol. The normalized spacial score (nSPS) is 29.6. The first-order valence-corrected chi connectivity index (χ1v) is 8.03. The van der Waals surface area contributed by atoms with E-state index in [1.807, 2.05) is 0 Å². The maximum atomic E-state index is 11.4. The maximum absolute atomic E-state index is 11.4. The van der Waals surface area contributed by atoms with E-state index < -0.39 is 5.97 Å². The van der Waals surface area contributed by atoms with Crippen LogP contribution in [0.5, 0.6) is 0 Å². The van der Waals surface area contributed by atoms with Gasteiger partial charge in [0.25, 0.3) is 0 Å². The molecule has 0 radical (unpaired) electrons. The molecule has 0 aliphatic heterocycles. The zero-order valence-corrected chi connectivity index (χ0v) is 13.8. The Bertz CT molecular complexity index is 314. The second kappa shape index (κ2) is 7.41. The Balaban J connectivity index is 2.52. The standard InChI is InChI=1S/C16H32N2O2/c1-6-18(7-2)11-10-17-14-9-8-13(15(19)20)16(4,5)12(14)3/h12-14,17H,6-11H2,1-5H3,(H,19,20). The van der Waals surface area contributed by atoms with E-state index in [0.717, 1.165) is 39.0 Å². The van der Waals surface area contributed by atoms with Crippen LogP contribution in [0.3, 0.4) is 0 Å². The van der Waals surface area contributed by atoms with Gasteiger partial charge in [-0.1, -0.05) is 34.6 Å². The molecule has 1 rings (SSSR count). The summed E-state index contributed by atoms with van der Waals surface area (Å²) in [7, 11) is 0. The molecule has 0 heterocycles. The molecule has 0 bridgehead atoms. The molecule has 118 valence electrons. The highest BCUT2D eigenvalue weighted by molar-refractivity contribution is 5.71. The number of hydrogen-bond donors (Lipinski definition) is 2. The average Bonchev–Trinajstić information content (AvgIpc) is 2.39. The SMILES string of the molecule is CCN(CC)CCNC1CCC(C(=O)O)C(C)(C)C1C. The van der Waals surface area contributed by atoms with Crippen molar-refractivity contribution in [1.29, 1.82) is 0 Å². The summed E-state index contributed by atoms with van der Waals surface area (Å²) in [6.45, 7) is 15.0. The number of carboxylic acids is 1. The number of hydrogen-bond acceptors (Lipinski definition) is 3. The lowest BCUT2D eigenvalue weighted by molar-refractivity contribution is -0.150. The topological polar surface area (TPSA) is 52.6 Å². The van der Waals surface area contributed by atoms with Gasteiger partial charge in [-0.25, -0.2) is 0 Å². The molecule has 0 spiro atoms. The van der Waals surface area contributed by atoms with Gasteiger partial charge in [0, 0.05) is 19.1 Å². The van der Waals surface area contributed by atoms with Crippen molar-refractivity contribution in [3.8, 4) is 0 Å². The minimum Gasteiger partial charge on any atom is -0.481 e. The molecule has 0 aromatic carbocycles. The van der Waals surface area contributed by atoms with E-state index in [0.29, 0.717) is 12.0 Å². The van der Waals surface area contributed by atoms with Crippen LogP contribution in [-0.4, -0.2) is 48.2 Å². The van der Waals surface area contributed by atoms with Crippen molar-refractivity contribution in [3.63, 3.8) is 0 Å². The van der Waals surface area contributed by atoms with Gasteiger partial charge >= 0.3 is 5.97 Å². The van der Waals surface area contributed by atoms with Crippen LogP contribution < -0.4 is 5.32 Å². The molecule has 1 aliphatic carbocycles. The Labute approximate surface area is 123 Å². The van der Waals surface area contributed by atoms with Crippen LogP contribution in [-0.2, 0) is 4.79 Å². The molecule has 0 saturated heterocycles. The first kappa shape index (κ1) is 17.4. The zero-order valence-electron chi connectivity index (χ0n) is 13.8. The molecule has 1 saturated carbocycles. The summed E-state index contributed by atoms with van der Waals surface area (Å²) in [4.78, 5) is 13.8. The van der Waals surface area contributed by atoms with Gasteiger partial charge in [-0.15, -0.1) is 0 Å². The molecule has 1 aliphatic rings. The van der Waals surface area contributed by atoms with Crippen LogP contribution >= 0.6 is 0 Å². The van der Waals surface area contributed by atoms with Gasteiger partial charge in [0.1, 0.15) is 0 Å². The van der Waals surface area contributed by atoms with Gasteiger partial charge < -0.3 is 15.3 Å². The van der Waals surface area contributed by atoms with Gasteiger partial charge in [0.05, 0.1) is 5.92 Å². The van der Waals surface area contributed by atoms with E-state index >= 15 is 0 Å². The van der Waals surface area contributed by atoms with Crippen LogP contribution in [0.4, 0.5) is 0 Å². The van der Waals surface area contributed by atoms with Crippen molar-refractivity contribution in [2.24, 2.45) is 17.3 Å². The number of aliphatic carboxylic acids is 1. The molecule has 3 atom stereocenters. The summed E-state index contributed by atoms with van der Waals surface area (Å²) < 4.78 is 0. The molecule has 1 fully saturated rings. The van der Waals surface area contributed by atoms with Gasteiger partial charge in [0.2, 0.25) is 0 Å². The molecular weight excluding hydrogens is 252 g/mol. The number of carbonyl (C=O) groups is 1. The fraction of sp³-hybridized carbons (Fsp3) is 0.938. The molecule has 4 heteroatoms. The predicted molar refractivity (Wildman–Crippen MR) is 82.9 cm³/mol. The largest absolute Gasteiger partial charge is 0.481 e. The third-order valence-corrected chi connectivity index (χ3v) is 5.47. The molecular formula is C16H32N2O2. The van der Waals surface area contributed by atoms with Crippen molar-refractivity contribution >= 4 is 5.97 Å². The fourth-order valence-corrected chi connectivity index (χ4v) is 3.47. The molecule has 0 amide bonds. The Hall–Kier alpha value is -0.610. The zero-order chi connectivity index (χ0) is 15.3. The Kier molecular flexibility index (Phi) is 6.46. The minimum atomic E-state index is -0.636. The fourth-order valence-electron chi connectivity index (χ4n) is 3.47. The van der Waals surface area contributed by atoms with E-state index in [-0.39, 0.29) is 11.3 Å². The second-order valence-corrected chi connectivity index (χ2v) is 6.67. The Morgan fingerprint density at radius 2 is 1.90 bits per heavy atom. The molecule has 4 nitrogen and oxygen atoms in total. The number of nitrogens with one attached hydrogen (secondary N) is 1. The van der Waals surface area contributed by atoms with Gasteiger partial charge in [0.15, 0.2) is 0 Å². The van der Waals surface area contributed by atoms with Crippen molar-refractivity contribution < 1.29 is 9.90 Å². The maximum Gasteiger partial charge on any atom is 0.307 e. The summed E-state index contributed by atoms with van der Waals surface area (Å²) >= 11 is 0. The summed E-state index contributed by atoms with van der Waals surface area (Å²) in [5, 5.41) is 13.0. The smallest absolute Gasteiger partial charge is 0.307 e. The quantitative estimate of drug-likeness (QED) is 0.754. The number of likely N-dealkylation sites (N-methyl/N-ethyl adjacent to an activating group) is 1. The van der Waals surface area contributed by atoms with Crippen LogP contribution in [0.25, 0.3) is 0 Å². The van der Waals surface area contributed by atoms with Crippen molar-refractivity contribution in [3.05, 3.63) is 0 Å². The van der Waals surface area contributed by atoms with Crippen LogP contribution in [0, 0.1) is 17.3 Å². The number of nitrogens with zero attached hydrogens (tertiary/aromatic N) is 1. The average molecular weight is 284 g/mol. The lowest BCUT2D eigenvalue weighted by Gasteiger charge is -2.46. The molecule has 0 aromatic heterocycles. The second-order valence-electron chi connectivity index (χ2n) is 6.67. The van der Waals surface area contributed by atoms with Gasteiger partial charge in [-0.3, -0.25) is 4.79 Å². The molecule has 2 N–H and O–H groups in total. The molecule has 3 unspecified atom stereocenters. The molecule has 0 aromatic rings. The minimum absolute atomic E-state index is 0.142. The molecule has 20 heavy (non-hydrogen) atoms. The Morgan fingerprint density at radius 3 is 2.40 bits per heavy atom. The van der Waals surface area contributed by atoms with E-state index in [4.69, 9.17) is 0 Å². The Morgan fingerprint density at radius 1 is 1.30 bits per heavy atom. The predicted octanol–water partition coefficient (Wildman–Crippen LogP) is 2.44. The summed E-state index contributed by atoms with van der Waals surface area (Å²) in [5.41, 5.74) is -0.142.